The van der Waals surface area contributed by atoms with Gasteiger partial charge in [0.05, 0.1) is 0 Å². The highest BCUT2D eigenvalue weighted by Crippen LogP contribution is 1.73. The van der Waals surface area contributed by atoms with Gasteiger partial charge in [0.15, 0.2) is 0 Å². The predicted octanol–water partition coefficient (Wildman–Crippen LogP) is -5.04. The number of hydrogen-bond donors (Lipinski definition) is 0. The van der Waals surface area contributed by atoms with Gasteiger partial charge in [-0.25, -0.2) is 0 Å². The number of rotatable bonds is 0. The fraction of sp³-hybridized carbons (Fsp3) is 0.500. The van der Waals surface area contributed by atoms with E-state index in [1.165, 1.54) is 13.8 Å². The summed E-state index contributed by atoms with van der Waals surface area (Å²) in [7, 11) is 0. The summed E-state index contributed by atoms with van der Waals surface area (Å²) in [5.74, 6) is -1.12. The van der Waals surface area contributed by atoms with Crippen molar-refractivity contribution in [3.8, 4) is 0 Å². The molecule has 0 radical (unpaired) electrons. The molecule has 0 aliphatic rings. The number of carbonyl (C=O) groups excluding carboxylic acids is 2. The lowest BCUT2D eigenvalue weighted by atomic mass is 10.7. The maximum atomic E-state index is 9.81. The standard InChI is InChI=1S/C4H6O3.2Mg.4H2O.4H/c1-3(5)7-4(2)6;;;;;;;;;;/h1-2H3;;;4*1H2;;;;. The normalized spacial score (nSPS) is 4.15. The lowest BCUT2D eigenvalue weighted by Gasteiger charge is -1.87. The van der Waals surface area contributed by atoms with Crippen molar-refractivity contribution in [2.45, 2.75) is 13.8 Å². The van der Waals surface area contributed by atoms with Gasteiger partial charge in [-0.2, -0.15) is 0 Å². The third kappa shape index (κ3) is 67.9. The minimum atomic E-state index is -0.562. The molecule has 0 aliphatic carbocycles. The second kappa shape index (κ2) is 29.4. The average molecular weight is 227 g/mol. The van der Waals surface area contributed by atoms with Crippen LogP contribution in [0, 0.1) is 0 Å². The van der Waals surface area contributed by atoms with Crippen LogP contribution in [0.3, 0.4) is 0 Å². The van der Waals surface area contributed by atoms with E-state index in [1.54, 1.807) is 0 Å². The fourth-order valence-corrected chi connectivity index (χ4v) is 0.202. The monoisotopic (exact) mass is 226 g/mol. The first-order valence-corrected chi connectivity index (χ1v) is 1.82. The Balaban J connectivity index is -0.0000000120. The van der Waals surface area contributed by atoms with Crippen LogP contribution in [-0.4, -0.2) is 79.9 Å². The SMILES string of the molecule is CC(=O)OC(C)=O.O.O.O.O.[MgH2].[MgH2]. The summed E-state index contributed by atoms with van der Waals surface area (Å²) in [6, 6.07) is 0. The van der Waals surface area contributed by atoms with Crippen molar-refractivity contribution in [1.29, 1.82) is 0 Å². The maximum absolute atomic E-state index is 9.81. The Labute approximate surface area is 108 Å². The summed E-state index contributed by atoms with van der Waals surface area (Å²) in [5.41, 5.74) is 0. The molecule has 0 heterocycles. The summed E-state index contributed by atoms with van der Waals surface area (Å²) < 4.78 is 3.97. The second-order valence-electron chi connectivity index (χ2n) is 1.09. The first kappa shape index (κ1) is 49.9. The van der Waals surface area contributed by atoms with Crippen LogP contribution in [0.2, 0.25) is 0 Å². The molecule has 0 unspecified atom stereocenters. The third-order valence-electron chi connectivity index (χ3n) is 0.287. The predicted molar refractivity (Wildman–Crippen MR) is 54.0 cm³/mol. The Morgan fingerprint density at radius 1 is 0.769 bits per heavy atom. The van der Waals surface area contributed by atoms with Gasteiger partial charge in [-0.1, -0.05) is 0 Å². The molecular weight excluding hydrogens is 209 g/mol. The maximum Gasteiger partial charge on any atom is 0.316 e. The van der Waals surface area contributed by atoms with Crippen molar-refractivity contribution in [2.24, 2.45) is 0 Å². The van der Waals surface area contributed by atoms with Gasteiger partial charge in [-0.3, -0.25) is 9.59 Å². The molecule has 0 saturated carbocycles. The summed E-state index contributed by atoms with van der Waals surface area (Å²) >= 11 is 0. The summed E-state index contributed by atoms with van der Waals surface area (Å²) in [5, 5.41) is 0. The summed E-state index contributed by atoms with van der Waals surface area (Å²) in [6.07, 6.45) is 0. The minimum absolute atomic E-state index is 0. The summed E-state index contributed by atoms with van der Waals surface area (Å²) in [4.78, 5) is 19.6. The zero-order valence-corrected chi connectivity index (χ0v) is 6.22. The van der Waals surface area contributed by atoms with Crippen molar-refractivity contribution in [3.05, 3.63) is 0 Å². The molecule has 80 valence electrons. The van der Waals surface area contributed by atoms with Gasteiger partial charge in [-0.15, -0.1) is 0 Å². The molecule has 7 nitrogen and oxygen atoms in total. The van der Waals surface area contributed by atoms with E-state index in [4.69, 9.17) is 0 Å². The molecule has 0 bridgehead atoms. The van der Waals surface area contributed by atoms with Crippen LogP contribution in [0.1, 0.15) is 13.8 Å². The molecule has 0 aromatic rings. The van der Waals surface area contributed by atoms with Crippen molar-refractivity contribution in [3.63, 3.8) is 0 Å². The van der Waals surface area contributed by atoms with Gasteiger partial charge in [0, 0.05) is 13.8 Å². The fourth-order valence-electron chi connectivity index (χ4n) is 0.202. The topological polar surface area (TPSA) is 169 Å². The van der Waals surface area contributed by atoms with Gasteiger partial charge in [-0.05, 0) is 0 Å². The summed E-state index contributed by atoms with van der Waals surface area (Å²) in [6.45, 7) is 2.36. The second-order valence-corrected chi connectivity index (χ2v) is 1.09. The molecule has 0 spiro atoms. The highest BCUT2D eigenvalue weighted by atomic mass is 24.3. The van der Waals surface area contributed by atoms with Gasteiger partial charge in [0.2, 0.25) is 0 Å². The van der Waals surface area contributed by atoms with Crippen LogP contribution in [0.25, 0.3) is 0 Å². The van der Waals surface area contributed by atoms with E-state index in [-0.39, 0.29) is 68.0 Å². The molecule has 0 atom stereocenters. The van der Waals surface area contributed by atoms with Gasteiger partial charge < -0.3 is 26.6 Å². The number of esters is 2. The van der Waals surface area contributed by atoms with E-state index in [0.717, 1.165) is 0 Å². The number of hydrogen-bond acceptors (Lipinski definition) is 3. The largest absolute Gasteiger partial charge is 0.412 e. The number of carbonyl (C=O) groups is 2. The first-order chi connectivity index (χ1) is 3.13. The Bertz CT molecular complexity index is 94.7. The van der Waals surface area contributed by atoms with Crippen LogP contribution in [0.15, 0.2) is 0 Å². The Kier molecular flexibility index (Phi) is 113. The van der Waals surface area contributed by atoms with Crippen molar-refractivity contribution in [1.82, 2.24) is 0 Å². The minimum Gasteiger partial charge on any atom is -0.412 e. The van der Waals surface area contributed by atoms with Crippen molar-refractivity contribution >= 4 is 58.0 Å². The highest BCUT2D eigenvalue weighted by Gasteiger charge is 1.93. The quantitative estimate of drug-likeness (QED) is 0.229. The molecule has 0 aromatic carbocycles. The Morgan fingerprint density at radius 3 is 0.923 bits per heavy atom. The van der Waals surface area contributed by atoms with Crippen LogP contribution in [0.4, 0.5) is 0 Å². The molecule has 0 aliphatic heterocycles. The van der Waals surface area contributed by atoms with E-state index in [9.17, 15) is 9.59 Å². The van der Waals surface area contributed by atoms with E-state index >= 15 is 0 Å². The molecule has 9 heteroatoms. The zero-order chi connectivity index (χ0) is 5.86. The van der Waals surface area contributed by atoms with E-state index in [2.05, 4.69) is 4.74 Å². The molecule has 8 N–H and O–H groups in total. The number of ether oxygens (including phenoxy) is 1. The van der Waals surface area contributed by atoms with E-state index in [1.807, 2.05) is 0 Å². The van der Waals surface area contributed by atoms with Crippen molar-refractivity contribution < 1.29 is 36.2 Å². The molecule has 0 rings (SSSR count). The van der Waals surface area contributed by atoms with E-state index < -0.39 is 11.9 Å². The van der Waals surface area contributed by atoms with Gasteiger partial charge in [0.25, 0.3) is 0 Å². The smallest absolute Gasteiger partial charge is 0.316 e. The molecule has 0 amide bonds. The molecule has 0 saturated heterocycles. The molecule has 0 aromatic heterocycles. The molecular formula is C4H18Mg2O7. The lowest BCUT2D eigenvalue weighted by Crippen LogP contribution is -2.03. The zero-order valence-electron chi connectivity index (χ0n) is 6.22. The van der Waals surface area contributed by atoms with Gasteiger partial charge >= 0.3 is 58.0 Å². The van der Waals surface area contributed by atoms with Crippen LogP contribution < -0.4 is 0 Å². The average Bonchev–Trinajstić information content (AvgIpc) is 1.27. The third-order valence-corrected chi connectivity index (χ3v) is 0.287. The van der Waals surface area contributed by atoms with Crippen LogP contribution >= 0.6 is 0 Å². The Hall–Kier alpha value is 0.512. The molecule has 0 fully saturated rings. The Morgan fingerprint density at radius 2 is 0.923 bits per heavy atom. The van der Waals surface area contributed by atoms with Crippen molar-refractivity contribution in [2.75, 3.05) is 0 Å². The lowest BCUT2D eigenvalue weighted by molar-refractivity contribution is -0.156. The first-order valence-electron chi connectivity index (χ1n) is 1.82. The van der Waals surface area contributed by atoms with Gasteiger partial charge in [0.1, 0.15) is 0 Å². The highest BCUT2D eigenvalue weighted by molar-refractivity contribution is 5.82. The van der Waals surface area contributed by atoms with Crippen LogP contribution in [0.5, 0.6) is 0 Å². The van der Waals surface area contributed by atoms with Crippen LogP contribution in [-0.2, 0) is 14.3 Å². The van der Waals surface area contributed by atoms with E-state index in [0.29, 0.717) is 0 Å². The molecule has 13 heavy (non-hydrogen) atoms.